The fourth-order valence-corrected chi connectivity index (χ4v) is 1.54. The van der Waals surface area contributed by atoms with Crippen LogP contribution in [0, 0.1) is 0 Å². The molecule has 2 rings (SSSR count). The SMILES string of the molecule is CNc1cc(N(C)Cc2ccncc2)ncn1. The Morgan fingerprint density at radius 1 is 1.24 bits per heavy atom. The van der Waals surface area contributed by atoms with E-state index in [1.54, 1.807) is 18.7 Å². The monoisotopic (exact) mass is 229 g/mol. The second-order valence-corrected chi connectivity index (χ2v) is 3.72. The van der Waals surface area contributed by atoms with Gasteiger partial charge in [-0.3, -0.25) is 4.98 Å². The molecule has 88 valence electrons. The summed E-state index contributed by atoms with van der Waals surface area (Å²) >= 11 is 0. The van der Waals surface area contributed by atoms with Gasteiger partial charge in [0.25, 0.3) is 0 Å². The van der Waals surface area contributed by atoms with Gasteiger partial charge in [0.2, 0.25) is 0 Å². The summed E-state index contributed by atoms with van der Waals surface area (Å²) in [7, 11) is 3.84. The van der Waals surface area contributed by atoms with E-state index in [9.17, 15) is 0 Å². The number of pyridine rings is 1. The Kier molecular flexibility index (Phi) is 3.49. The zero-order chi connectivity index (χ0) is 12.1. The summed E-state index contributed by atoms with van der Waals surface area (Å²) in [5.74, 6) is 1.71. The summed E-state index contributed by atoms with van der Waals surface area (Å²) in [6.07, 6.45) is 5.15. The first-order valence-corrected chi connectivity index (χ1v) is 5.39. The van der Waals surface area contributed by atoms with Crippen LogP contribution in [0.3, 0.4) is 0 Å². The first kappa shape index (κ1) is 11.3. The lowest BCUT2D eigenvalue weighted by Crippen LogP contribution is -2.18. The quantitative estimate of drug-likeness (QED) is 0.862. The van der Waals surface area contributed by atoms with Crippen molar-refractivity contribution in [2.75, 3.05) is 24.3 Å². The lowest BCUT2D eigenvalue weighted by Gasteiger charge is -2.18. The zero-order valence-electron chi connectivity index (χ0n) is 9.96. The van der Waals surface area contributed by atoms with Gasteiger partial charge in [-0.25, -0.2) is 9.97 Å². The lowest BCUT2D eigenvalue weighted by molar-refractivity contribution is 0.889. The maximum Gasteiger partial charge on any atom is 0.134 e. The van der Waals surface area contributed by atoms with Crippen molar-refractivity contribution in [2.45, 2.75) is 6.54 Å². The normalized spacial score (nSPS) is 10.0. The van der Waals surface area contributed by atoms with E-state index in [1.165, 1.54) is 5.56 Å². The van der Waals surface area contributed by atoms with Crippen LogP contribution in [-0.2, 0) is 6.54 Å². The summed E-state index contributed by atoms with van der Waals surface area (Å²) < 4.78 is 0. The van der Waals surface area contributed by atoms with Gasteiger partial charge < -0.3 is 10.2 Å². The Bertz CT molecular complexity index is 471. The smallest absolute Gasteiger partial charge is 0.134 e. The molecule has 5 heteroatoms. The van der Waals surface area contributed by atoms with E-state index < -0.39 is 0 Å². The maximum absolute atomic E-state index is 4.24. The zero-order valence-corrected chi connectivity index (χ0v) is 9.96. The van der Waals surface area contributed by atoms with Crippen molar-refractivity contribution in [3.63, 3.8) is 0 Å². The Labute approximate surface area is 101 Å². The minimum Gasteiger partial charge on any atom is -0.373 e. The maximum atomic E-state index is 4.24. The van der Waals surface area contributed by atoms with Gasteiger partial charge in [0, 0.05) is 39.1 Å². The summed E-state index contributed by atoms with van der Waals surface area (Å²) in [6.45, 7) is 0.794. The Balaban J connectivity index is 2.11. The number of aromatic nitrogens is 3. The van der Waals surface area contributed by atoms with Crippen LogP contribution in [0.25, 0.3) is 0 Å². The number of rotatable bonds is 4. The standard InChI is InChI=1S/C12H15N5/c1-13-11-7-12(16-9-15-11)17(2)8-10-3-5-14-6-4-10/h3-7,9H,8H2,1-2H3,(H,13,15,16). The molecule has 2 heterocycles. The molecule has 0 aromatic carbocycles. The molecule has 0 unspecified atom stereocenters. The summed E-state index contributed by atoms with van der Waals surface area (Å²) in [6, 6.07) is 5.91. The van der Waals surface area contributed by atoms with Crippen molar-refractivity contribution < 1.29 is 0 Å². The molecular formula is C12H15N5. The average Bonchev–Trinajstić information content (AvgIpc) is 2.40. The van der Waals surface area contributed by atoms with Crippen molar-refractivity contribution >= 4 is 11.6 Å². The topological polar surface area (TPSA) is 53.9 Å². The third kappa shape index (κ3) is 2.90. The van der Waals surface area contributed by atoms with Crippen LogP contribution < -0.4 is 10.2 Å². The molecule has 0 atom stereocenters. The fraction of sp³-hybridized carbons (Fsp3) is 0.250. The minimum atomic E-state index is 0.794. The number of hydrogen-bond acceptors (Lipinski definition) is 5. The molecule has 5 nitrogen and oxygen atoms in total. The summed E-state index contributed by atoms with van der Waals surface area (Å²) in [5.41, 5.74) is 1.20. The molecule has 0 aliphatic carbocycles. The molecular weight excluding hydrogens is 214 g/mol. The first-order valence-electron chi connectivity index (χ1n) is 5.39. The van der Waals surface area contributed by atoms with E-state index in [-0.39, 0.29) is 0 Å². The van der Waals surface area contributed by atoms with Gasteiger partial charge in [0.15, 0.2) is 0 Å². The van der Waals surface area contributed by atoms with E-state index in [4.69, 9.17) is 0 Å². The Morgan fingerprint density at radius 3 is 2.71 bits per heavy atom. The lowest BCUT2D eigenvalue weighted by atomic mass is 10.2. The average molecular weight is 229 g/mol. The highest BCUT2D eigenvalue weighted by molar-refractivity contribution is 5.47. The number of anilines is 2. The van der Waals surface area contributed by atoms with Crippen molar-refractivity contribution in [1.29, 1.82) is 0 Å². The Hall–Kier alpha value is -2.17. The number of hydrogen-bond donors (Lipinski definition) is 1. The van der Waals surface area contributed by atoms with Crippen LogP contribution in [-0.4, -0.2) is 29.0 Å². The summed E-state index contributed by atoms with van der Waals surface area (Å²) in [5, 5.41) is 3.00. The van der Waals surface area contributed by atoms with E-state index in [1.807, 2.05) is 32.3 Å². The van der Waals surface area contributed by atoms with Crippen molar-refractivity contribution in [2.24, 2.45) is 0 Å². The van der Waals surface area contributed by atoms with Crippen LogP contribution >= 0.6 is 0 Å². The third-order valence-corrected chi connectivity index (χ3v) is 2.47. The van der Waals surface area contributed by atoms with Gasteiger partial charge in [0.1, 0.15) is 18.0 Å². The second-order valence-electron chi connectivity index (χ2n) is 3.72. The van der Waals surface area contributed by atoms with E-state index in [2.05, 4.69) is 25.2 Å². The number of nitrogens with one attached hydrogen (secondary N) is 1. The van der Waals surface area contributed by atoms with Crippen LogP contribution in [0.2, 0.25) is 0 Å². The molecule has 0 saturated heterocycles. The van der Waals surface area contributed by atoms with Crippen molar-refractivity contribution in [3.8, 4) is 0 Å². The summed E-state index contributed by atoms with van der Waals surface area (Å²) in [4.78, 5) is 14.4. The molecule has 0 radical (unpaired) electrons. The molecule has 2 aromatic rings. The second kappa shape index (κ2) is 5.25. The van der Waals surface area contributed by atoms with Crippen LogP contribution in [0.1, 0.15) is 5.56 Å². The van der Waals surface area contributed by atoms with Crippen LogP contribution in [0.4, 0.5) is 11.6 Å². The highest BCUT2D eigenvalue weighted by atomic mass is 15.2. The minimum absolute atomic E-state index is 0.794. The van der Waals surface area contributed by atoms with Crippen molar-refractivity contribution in [1.82, 2.24) is 15.0 Å². The van der Waals surface area contributed by atoms with Crippen molar-refractivity contribution in [3.05, 3.63) is 42.5 Å². The van der Waals surface area contributed by atoms with Gasteiger partial charge in [0.05, 0.1) is 0 Å². The highest BCUT2D eigenvalue weighted by Gasteiger charge is 2.04. The van der Waals surface area contributed by atoms with Gasteiger partial charge in [-0.1, -0.05) is 0 Å². The highest BCUT2D eigenvalue weighted by Crippen LogP contribution is 2.14. The van der Waals surface area contributed by atoms with E-state index in [0.29, 0.717) is 0 Å². The molecule has 17 heavy (non-hydrogen) atoms. The molecule has 0 amide bonds. The van der Waals surface area contributed by atoms with Gasteiger partial charge in [-0.05, 0) is 17.7 Å². The fourth-order valence-electron chi connectivity index (χ4n) is 1.54. The van der Waals surface area contributed by atoms with Gasteiger partial charge in [-0.2, -0.15) is 0 Å². The van der Waals surface area contributed by atoms with Gasteiger partial charge in [-0.15, -0.1) is 0 Å². The van der Waals surface area contributed by atoms with E-state index in [0.717, 1.165) is 18.2 Å². The molecule has 1 N–H and O–H groups in total. The van der Waals surface area contributed by atoms with Crippen LogP contribution in [0.15, 0.2) is 36.9 Å². The predicted octanol–water partition coefficient (Wildman–Crippen LogP) is 1.55. The van der Waals surface area contributed by atoms with Crippen LogP contribution in [0.5, 0.6) is 0 Å². The molecule has 0 aliphatic heterocycles. The molecule has 0 aliphatic rings. The molecule has 0 saturated carbocycles. The number of nitrogens with zero attached hydrogens (tertiary/aromatic N) is 4. The molecule has 0 spiro atoms. The largest absolute Gasteiger partial charge is 0.373 e. The molecule has 2 aromatic heterocycles. The molecule has 0 fully saturated rings. The molecule has 0 bridgehead atoms. The van der Waals surface area contributed by atoms with Gasteiger partial charge >= 0.3 is 0 Å². The first-order chi connectivity index (χ1) is 8.29. The predicted molar refractivity (Wildman–Crippen MR) is 67.9 cm³/mol. The Morgan fingerprint density at radius 2 is 2.00 bits per heavy atom. The third-order valence-electron chi connectivity index (χ3n) is 2.47. The van der Waals surface area contributed by atoms with E-state index >= 15 is 0 Å².